The molecule has 21 heavy (non-hydrogen) atoms. The van der Waals surface area contributed by atoms with E-state index in [1.54, 1.807) is 7.11 Å². The number of methoxy groups -OCH3 is 1. The van der Waals surface area contributed by atoms with Crippen LogP contribution in [-0.4, -0.2) is 7.11 Å². The van der Waals surface area contributed by atoms with Crippen LogP contribution in [0.5, 0.6) is 11.5 Å². The highest BCUT2D eigenvalue weighted by Gasteiger charge is 2.12. The van der Waals surface area contributed by atoms with Gasteiger partial charge < -0.3 is 9.47 Å². The maximum atomic E-state index is 6.20. The number of hydrogen-bond donors (Lipinski definition) is 0. The molecule has 0 atom stereocenters. The molecule has 6 heteroatoms. The van der Waals surface area contributed by atoms with Gasteiger partial charge in [0, 0.05) is 20.4 Å². The Hall–Kier alpha value is -0.230. The minimum absolute atomic E-state index is 0.370. The molecule has 0 saturated carbocycles. The molecule has 0 amide bonds. The topological polar surface area (TPSA) is 18.5 Å². The molecule has 2 nitrogen and oxygen atoms in total. The van der Waals surface area contributed by atoms with Crippen LogP contribution in [0.4, 0.5) is 0 Å². The predicted octanol–water partition coefficient (Wildman–Crippen LogP) is 6.35. The van der Waals surface area contributed by atoms with Crippen LogP contribution in [0.25, 0.3) is 0 Å². The van der Waals surface area contributed by atoms with Crippen LogP contribution < -0.4 is 9.47 Å². The Bertz CT molecular complexity index is 647. The summed E-state index contributed by atoms with van der Waals surface area (Å²) in [6.45, 7) is 0.370. The quantitative estimate of drug-likeness (QED) is 0.447. The second-order valence-corrected chi connectivity index (χ2v) is 7.01. The molecule has 0 heterocycles. The Morgan fingerprint density at radius 2 is 1.90 bits per heavy atom. The van der Waals surface area contributed by atoms with Gasteiger partial charge in [0.15, 0.2) is 11.5 Å². The van der Waals surface area contributed by atoms with E-state index >= 15 is 0 Å². The molecule has 0 radical (unpaired) electrons. The lowest BCUT2D eigenvalue weighted by Gasteiger charge is -2.14. The lowest BCUT2D eigenvalue weighted by atomic mass is 10.2. The smallest absolute Gasteiger partial charge is 0.175 e. The van der Waals surface area contributed by atoms with Gasteiger partial charge in [-0.3, -0.25) is 0 Å². The number of halogens is 4. The van der Waals surface area contributed by atoms with E-state index in [9.17, 15) is 0 Å². The highest BCUT2D eigenvalue weighted by Crippen LogP contribution is 2.38. The molecule has 0 aliphatic carbocycles. The van der Waals surface area contributed by atoms with Gasteiger partial charge in [-0.15, -0.1) is 0 Å². The van der Waals surface area contributed by atoms with Crippen molar-refractivity contribution < 1.29 is 9.47 Å². The van der Waals surface area contributed by atoms with Gasteiger partial charge in [0.05, 0.1) is 11.6 Å². The fourth-order valence-electron chi connectivity index (χ4n) is 1.78. The summed E-state index contributed by atoms with van der Waals surface area (Å²) in [7, 11) is 1.62. The van der Waals surface area contributed by atoms with Crippen LogP contribution in [0.1, 0.15) is 11.1 Å². The molecule has 2 aromatic carbocycles. The lowest BCUT2D eigenvalue weighted by molar-refractivity contribution is 0.282. The molecule has 2 rings (SSSR count). The highest BCUT2D eigenvalue weighted by molar-refractivity contribution is 9.11. The molecule has 0 saturated heterocycles. The standard InChI is InChI=1S/C15H12Br3ClO2/c1-20-14-5-9(7-16)4-12(18)15(14)21-8-10-2-3-11(17)6-13(10)19/h2-6H,7-8H2,1H3. The highest BCUT2D eigenvalue weighted by atomic mass is 79.9. The predicted molar refractivity (Wildman–Crippen MR) is 96.8 cm³/mol. The van der Waals surface area contributed by atoms with Crippen molar-refractivity contribution in [2.75, 3.05) is 7.11 Å². The minimum atomic E-state index is 0.370. The maximum absolute atomic E-state index is 6.20. The third-order valence-electron chi connectivity index (χ3n) is 2.83. The summed E-state index contributed by atoms with van der Waals surface area (Å²) in [5.74, 6) is 1.35. The zero-order chi connectivity index (χ0) is 15.4. The van der Waals surface area contributed by atoms with Gasteiger partial charge in [0.1, 0.15) is 6.61 Å². The summed E-state index contributed by atoms with van der Waals surface area (Å²) in [5, 5.41) is 1.41. The Morgan fingerprint density at radius 3 is 2.52 bits per heavy atom. The Kier molecular flexibility index (Phi) is 6.41. The minimum Gasteiger partial charge on any atom is -0.493 e. The average molecular weight is 499 g/mol. The van der Waals surface area contributed by atoms with E-state index in [2.05, 4.69) is 47.8 Å². The van der Waals surface area contributed by atoms with Crippen molar-refractivity contribution in [2.24, 2.45) is 0 Å². The summed E-state index contributed by atoms with van der Waals surface area (Å²) >= 11 is 16.5. The van der Waals surface area contributed by atoms with E-state index in [1.165, 1.54) is 0 Å². The van der Waals surface area contributed by atoms with E-state index in [1.807, 2.05) is 30.3 Å². The summed E-state index contributed by atoms with van der Waals surface area (Å²) < 4.78 is 13.1. The van der Waals surface area contributed by atoms with Crippen molar-refractivity contribution in [2.45, 2.75) is 11.9 Å². The van der Waals surface area contributed by atoms with Crippen LogP contribution in [-0.2, 0) is 11.9 Å². The molecule has 0 aromatic heterocycles. The summed E-state index contributed by atoms with van der Waals surface area (Å²) in [4.78, 5) is 0. The average Bonchev–Trinajstić information content (AvgIpc) is 2.46. The Balaban J connectivity index is 2.23. The van der Waals surface area contributed by atoms with Crippen LogP contribution >= 0.6 is 59.4 Å². The number of alkyl halides is 1. The summed E-state index contributed by atoms with van der Waals surface area (Å²) in [6, 6.07) is 9.65. The monoisotopic (exact) mass is 496 g/mol. The van der Waals surface area contributed by atoms with E-state index in [4.69, 9.17) is 21.1 Å². The van der Waals surface area contributed by atoms with Crippen molar-refractivity contribution >= 4 is 59.4 Å². The molecule has 0 unspecified atom stereocenters. The van der Waals surface area contributed by atoms with Gasteiger partial charge in [-0.25, -0.2) is 0 Å². The van der Waals surface area contributed by atoms with Crippen molar-refractivity contribution in [3.8, 4) is 11.5 Å². The van der Waals surface area contributed by atoms with Gasteiger partial charge in [-0.1, -0.05) is 49.5 Å². The van der Waals surface area contributed by atoms with Crippen molar-refractivity contribution in [1.82, 2.24) is 0 Å². The van der Waals surface area contributed by atoms with Crippen LogP contribution in [0.2, 0.25) is 5.02 Å². The number of rotatable bonds is 5. The van der Waals surface area contributed by atoms with Crippen molar-refractivity contribution in [1.29, 1.82) is 0 Å². The third-order valence-corrected chi connectivity index (χ3v) is 4.91. The van der Waals surface area contributed by atoms with Gasteiger partial charge in [-0.2, -0.15) is 0 Å². The number of ether oxygens (including phenoxy) is 2. The molecular formula is C15H12Br3ClO2. The molecule has 0 bridgehead atoms. The van der Waals surface area contributed by atoms with Gasteiger partial charge >= 0.3 is 0 Å². The fraction of sp³-hybridized carbons (Fsp3) is 0.200. The van der Waals surface area contributed by atoms with E-state index < -0.39 is 0 Å². The van der Waals surface area contributed by atoms with Gasteiger partial charge in [0.25, 0.3) is 0 Å². The molecule has 0 N–H and O–H groups in total. The first-order valence-corrected chi connectivity index (χ1v) is 9.12. The van der Waals surface area contributed by atoms with Crippen LogP contribution in [0.3, 0.4) is 0 Å². The van der Waals surface area contributed by atoms with E-state index in [-0.39, 0.29) is 0 Å². The lowest BCUT2D eigenvalue weighted by Crippen LogP contribution is -2.00. The second kappa shape index (κ2) is 7.86. The fourth-order valence-corrected chi connectivity index (χ4v) is 3.43. The molecule has 2 aromatic rings. The molecule has 112 valence electrons. The third kappa shape index (κ3) is 4.38. The van der Waals surface area contributed by atoms with E-state index in [0.29, 0.717) is 23.1 Å². The number of benzene rings is 2. The second-order valence-electron chi connectivity index (χ2n) is 4.27. The number of hydrogen-bond acceptors (Lipinski definition) is 2. The molecule has 0 aliphatic heterocycles. The summed E-state index contributed by atoms with van der Waals surface area (Å²) in [6.07, 6.45) is 0. The van der Waals surface area contributed by atoms with Crippen LogP contribution in [0, 0.1) is 0 Å². The normalized spacial score (nSPS) is 10.5. The zero-order valence-corrected chi connectivity index (χ0v) is 16.6. The largest absolute Gasteiger partial charge is 0.493 e. The first-order valence-electron chi connectivity index (χ1n) is 6.04. The Labute approximate surface area is 154 Å². The zero-order valence-electron chi connectivity index (χ0n) is 11.1. The molecule has 0 spiro atoms. The van der Waals surface area contributed by atoms with Crippen molar-refractivity contribution in [3.05, 3.63) is 55.4 Å². The molecule has 0 fully saturated rings. The van der Waals surface area contributed by atoms with E-state index in [0.717, 1.165) is 25.4 Å². The first-order chi connectivity index (χ1) is 10.0. The van der Waals surface area contributed by atoms with Crippen molar-refractivity contribution in [3.63, 3.8) is 0 Å². The summed E-state index contributed by atoms with van der Waals surface area (Å²) in [5.41, 5.74) is 2.02. The molecular weight excluding hydrogens is 487 g/mol. The maximum Gasteiger partial charge on any atom is 0.175 e. The Morgan fingerprint density at radius 1 is 1.14 bits per heavy atom. The first kappa shape index (κ1) is 17.1. The van der Waals surface area contributed by atoms with Gasteiger partial charge in [-0.05, 0) is 45.8 Å². The van der Waals surface area contributed by atoms with Crippen LogP contribution in [0.15, 0.2) is 39.3 Å². The SMILES string of the molecule is COc1cc(CBr)cc(Br)c1OCc1ccc(Br)cc1Cl. The van der Waals surface area contributed by atoms with Gasteiger partial charge in [0.2, 0.25) is 0 Å². The molecule has 0 aliphatic rings.